The summed E-state index contributed by atoms with van der Waals surface area (Å²) in [6, 6.07) is 7.20. The normalized spacial score (nSPS) is 16.7. The maximum Gasteiger partial charge on any atom is 0.0637 e. The molecule has 1 aliphatic carbocycles. The molecule has 4 heteroatoms. The first-order chi connectivity index (χ1) is 8.63. The van der Waals surface area contributed by atoms with Crippen molar-refractivity contribution in [3.63, 3.8) is 0 Å². The molecule has 1 fully saturated rings. The molecule has 0 unspecified atom stereocenters. The lowest BCUT2D eigenvalue weighted by molar-refractivity contribution is 0.205. The lowest BCUT2D eigenvalue weighted by Gasteiger charge is -2.25. The maximum atomic E-state index is 5.93. The molecule has 0 bridgehead atoms. The number of rotatable bonds is 6. The van der Waals surface area contributed by atoms with E-state index in [4.69, 9.17) is 10.5 Å². The van der Waals surface area contributed by atoms with E-state index in [0.29, 0.717) is 6.04 Å². The molecule has 0 heterocycles. The van der Waals surface area contributed by atoms with Gasteiger partial charge in [-0.15, -0.1) is 0 Å². The minimum Gasteiger partial charge on any atom is -0.383 e. The van der Waals surface area contributed by atoms with Crippen molar-refractivity contribution in [1.29, 1.82) is 0 Å². The van der Waals surface area contributed by atoms with Crippen LogP contribution in [0.3, 0.4) is 0 Å². The molecule has 1 saturated carbocycles. The van der Waals surface area contributed by atoms with Crippen LogP contribution in [0.15, 0.2) is 22.7 Å². The summed E-state index contributed by atoms with van der Waals surface area (Å²) < 4.78 is 6.29. The Morgan fingerprint density at radius 2 is 2.22 bits per heavy atom. The highest BCUT2D eigenvalue weighted by Crippen LogP contribution is 2.34. The Balaban J connectivity index is 2.17. The molecule has 0 amide bonds. The van der Waals surface area contributed by atoms with Gasteiger partial charge in [-0.2, -0.15) is 0 Å². The van der Waals surface area contributed by atoms with Crippen LogP contribution in [0.1, 0.15) is 31.4 Å². The molecule has 1 aliphatic rings. The van der Waals surface area contributed by atoms with Crippen molar-refractivity contribution in [2.45, 2.75) is 31.8 Å². The molecule has 1 atom stereocenters. The summed E-state index contributed by atoms with van der Waals surface area (Å²) in [5.74, 6) is 0. The molecule has 0 aliphatic heterocycles. The van der Waals surface area contributed by atoms with E-state index in [-0.39, 0.29) is 6.04 Å². The van der Waals surface area contributed by atoms with E-state index < -0.39 is 0 Å². The molecule has 1 aromatic rings. The summed E-state index contributed by atoms with van der Waals surface area (Å²) in [6.45, 7) is 3.72. The van der Waals surface area contributed by atoms with Crippen molar-refractivity contribution in [1.82, 2.24) is 0 Å². The first-order valence-corrected chi connectivity index (χ1v) is 7.23. The average molecular weight is 313 g/mol. The van der Waals surface area contributed by atoms with Gasteiger partial charge in [0.05, 0.1) is 6.61 Å². The van der Waals surface area contributed by atoms with E-state index >= 15 is 0 Å². The third-order valence-electron chi connectivity index (χ3n) is 3.33. The second-order valence-electron chi connectivity index (χ2n) is 4.91. The number of benzene rings is 1. The number of hydrogen-bond acceptors (Lipinski definition) is 3. The highest BCUT2D eigenvalue weighted by molar-refractivity contribution is 9.10. The molecule has 1 aromatic carbocycles. The van der Waals surface area contributed by atoms with E-state index in [1.54, 1.807) is 7.11 Å². The van der Waals surface area contributed by atoms with Crippen LogP contribution in [-0.4, -0.2) is 26.3 Å². The Kier molecular flexibility index (Phi) is 4.65. The Morgan fingerprint density at radius 3 is 2.72 bits per heavy atom. The summed E-state index contributed by atoms with van der Waals surface area (Å²) in [7, 11) is 1.75. The average Bonchev–Trinajstić information content (AvgIpc) is 3.13. The van der Waals surface area contributed by atoms with Crippen LogP contribution in [0.25, 0.3) is 0 Å². The molecule has 18 heavy (non-hydrogen) atoms. The van der Waals surface area contributed by atoms with Gasteiger partial charge in [0.25, 0.3) is 0 Å². The largest absolute Gasteiger partial charge is 0.383 e. The second kappa shape index (κ2) is 6.04. The van der Waals surface area contributed by atoms with Crippen molar-refractivity contribution in [2.24, 2.45) is 5.73 Å². The minimum atomic E-state index is 0.0572. The van der Waals surface area contributed by atoms with Gasteiger partial charge in [0.2, 0.25) is 0 Å². The minimum absolute atomic E-state index is 0.0572. The summed E-state index contributed by atoms with van der Waals surface area (Å²) in [5, 5.41) is 0. The zero-order chi connectivity index (χ0) is 13.1. The number of halogens is 1. The quantitative estimate of drug-likeness (QED) is 0.877. The molecule has 2 N–H and O–H groups in total. The van der Waals surface area contributed by atoms with E-state index in [1.807, 2.05) is 6.92 Å². The van der Waals surface area contributed by atoms with Gasteiger partial charge < -0.3 is 15.4 Å². The van der Waals surface area contributed by atoms with Crippen LogP contribution < -0.4 is 10.6 Å². The third-order valence-corrected chi connectivity index (χ3v) is 4.02. The fraction of sp³-hybridized carbons (Fsp3) is 0.571. The molecule has 0 radical (unpaired) electrons. The number of nitrogens with zero attached hydrogens (tertiary/aromatic N) is 1. The van der Waals surface area contributed by atoms with Crippen LogP contribution in [-0.2, 0) is 4.74 Å². The van der Waals surface area contributed by atoms with E-state index in [1.165, 1.54) is 18.5 Å². The molecule has 3 nitrogen and oxygen atoms in total. The number of ether oxygens (including phenoxy) is 1. The highest BCUT2D eigenvalue weighted by atomic mass is 79.9. The van der Waals surface area contributed by atoms with Crippen molar-refractivity contribution in [3.8, 4) is 0 Å². The first kappa shape index (κ1) is 13.8. The monoisotopic (exact) mass is 312 g/mol. The first-order valence-electron chi connectivity index (χ1n) is 6.44. The van der Waals surface area contributed by atoms with Crippen LogP contribution in [0.4, 0.5) is 5.69 Å². The van der Waals surface area contributed by atoms with Gasteiger partial charge in [0.1, 0.15) is 0 Å². The lowest BCUT2D eigenvalue weighted by Crippen LogP contribution is -2.29. The molecule has 100 valence electrons. The molecule has 0 saturated heterocycles. The van der Waals surface area contributed by atoms with Gasteiger partial charge in [0.15, 0.2) is 0 Å². The topological polar surface area (TPSA) is 38.5 Å². The summed E-state index contributed by atoms with van der Waals surface area (Å²) in [6.07, 6.45) is 2.58. The Morgan fingerprint density at radius 1 is 1.50 bits per heavy atom. The van der Waals surface area contributed by atoms with Gasteiger partial charge in [-0.25, -0.2) is 0 Å². The van der Waals surface area contributed by atoms with Gasteiger partial charge in [0, 0.05) is 35.9 Å². The summed E-state index contributed by atoms with van der Waals surface area (Å²) in [4.78, 5) is 2.43. The fourth-order valence-electron chi connectivity index (χ4n) is 2.16. The maximum absolute atomic E-state index is 5.93. The second-order valence-corrected chi connectivity index (χ2v) is 5.77. The molecule has 2 rings (SSSR count). The fourth-order valence-corrected chi connectivity index (χ4v) is 2.89. The van der Waals surface area contributed by atoms with Crippen LogP contribution in [0, 0.1) is 0 Å². The number of anilines is 1. The summed E-state index contributed by atoms with van der Waals surface area (Å²) in [5.41, 5.74) is 8.34. The van der Waals surface area contributed by atoms with Gasteiger partial charge in [-0.05, 0) is 37.5 Å². The smallest absolute Gasteiger partial charge is 0.0637 e. The highest BCUT2D eigenvalue weighted by Gasteiger charge is 2.29. The standard InChI is InChI=1S/C14H21BrN2O/c1-10(16)13-6-5-12(9-14(13)15)17(7-8-18-2)11-3-4-11/h5-6,9-11H,3-4,7-8,16H2,1-2H3/t10-/m0/s1. The predicted molar refractivity (Wildman–Crippen MR) is 79.0 cm³/mol. The SMILES string of the molecule is COCCN(c1ccc([C@H](C)N)c(Br)c1)C1CC1. The number of methoxy groups -OCH3 is 1. The van der Waals surface area contributed by atoms with Crippen LogP contribution >= 0.6 is 15.9 Å². The van der Waals surface area contributed by atoms with Crippen molar-refractivity contribution >= 4 is 21.6 Å². The van der Waals surface area contributed by atoms with Crippen molar-refractivity contribution in [2.75, 3.05) is 25.2 Å². The van der Waals surface area contributed by atoms with Crippen molar-refractivity contribution < 1.29 is 4.74 Å². The molecule has 0 spiro atoms. The van der Waals surface area contributed by atoms with Gasteiger partial charge >= 0.3 is 0 Å². The molecule has 0 aromatic heterocycles. The predicted octanol–water partition coefficient (Wildman–Crippen LogP) is 3.08. The lowest BCUT2D eigenvalue weighted by atomic mass is 10.1. The molecular weight excluding hydrogens is 292 g/mol. The van der Waals surface area contributed by atoms with Gasteiger partial charge in [-0.3, -0.25) is 0 Å². The molecular formula is C14H21BrN2O. The zero-order valence-electron chi connectivity index (χ0n) is 11.0. The van der Waals surface area contributed by atoms with Crippen LogP contribution in [0.5, 0.6) is 0 Å². The Hall–Kier alpha value is -0.580. The van der Waals surface area contributed by atoms with Gasteiger partial charge in [-0.1, -0.05) is 22.0 Å². The van der Waals surface area contributed by atoms with E-state index in [9.17, 15) is 0 Å². The Bertz CT molecular complexity index is 405. The van der Waals surface area contributed by atoms with Crippen LogP contribution in [0.2, 0.25) is 0 Å². The number of hydrogen-bond donors (Lipinski definition) is 1. The van der Waals surface area contributed by atoms with E-state index in [2.05, 4.69) is 39.0 Å². The van der Waals surface area contributed by atoms with E-state index in [0.717, 1.165) is 23.2 Å². The Labute approximate surface area is 117 Å². The number of nitrogens with two attached hydrogens (primary N) is 1. The van der Waals surface area contributed by atoms with Crippen molar-refractivity contribution in [3.05, 3.63) is 28.2 Å². The third kappa shape index (κ3) is 3.25. The zero-order valence-corrected chi connectivity index (χ0v) is 12.6. The summed E-state index contributed by atoms with van der Waals surface area (Å²) >= 11 is 3.62.